The number of aromatic nitrogens is 2. The normalized spacial score (nSPS) is 20.6. The molecule has 18 nitrogen and oxygen atoms in total. The number of benzene rings is 3. The van der Waals surface area contributed by atoms with Crippen LogP contribution in [0.1, 0.15) is 75.8 Å². The van der Waals surface area contributed by atoms with Crippen molar-refractivity contribution in [1.82, 2.24) is 39.8 Å². The molecule has 73 heavy (non-hydrogen) atoms. The summed E-state index contributed by atoms with van der Waals surface area (Å²) < 4.78 is 47.6. The maximum Gasteiger partial charge on any atom is 0.324 e. The van der Waals surface area contributed by atoms with Crippen LogP contribution >= 0.6 is 0 Å². The maximum atomic E-state index is 14.8. The predicted molar refractivity (Wildman–Crippen MR) is 276 cm³/mol. The number of cyclic esters (lactones) is 1. The number of rotatable bonds is 14. The Morgan fingerprint density at radius 3 is 2.48 bits per heavy atom. The van der Waals surface area contributed by atoms with E-state index < -0.39 is 81.1 Å². The topological polar surface area (TPSA) is 224 Å². The molecule has 5 heterocycles. The first-order chi connectivity index (χ1) is 34.7. The Labute approximate surface area is 427 Å². The molecular formula is C54H68N8O10S. The quantitative estimate of drug-likeness (QED) is 0.0819. The van der Waals surface area contributed by atoms with Gasteiger partial charge in [-0.05, 0) is 108 Å². The molecule has 5 atom stereocenters. The van der Waals surface area contributed by atoms with Crippen molar-refractivity contribution >= 4 is 44.6 Å². The molecule has 2 aromatic heterocycles. The highest BCUT2D eigenvalue weighted by Gasteiger charge is 2.50. The number of methoxy groups -OCH3 is 2. The highest BCUT2D eigenvalue weighted by atomic mass is 32.2. The molecule has 0 aliphatic carbocycles. The number of esters is 1. The van der Waals surface area contributed by atoms with E-state index >= 15 is 0 Å². The fraction of sp³-hybridized carbons (Fsp3) is 0.463. The lowest BCUT2D eigenvalue weighted by Gasteiger charge is -2.37. The number of phenols is 1. The Morgan fingerprint density at radius 2 is 1.78 bits per heavy atom. The monoisotopic (exact) mass is 1020 g/mol. The van der Waals surface area contributed by atoms with Crippen LogP contribution < -0.4 is 20.8 Å². The smallest absolute Gasteiger partial charge is 0.324 e. The summed E-state index contributed by atoms with van der Waals surface area (Å²) in [5.74, 6) is -2.22. The molecule has 3 aromatic carbocycles. The molecule has 8 rings (SSSR count). The van der Waals surface area contributed by atoms with Crippen LogP contribution in [0.4, 0.5) is 0 Å². The lowest BCUT2D eigenvalue weighted by molar-refractivity contribution is -0.155. The molecule has 0 radical (unpaired) electrons. The van der Waals surface area contributed by atoms with Crippen molar-refractivity contribution in [3.8, 4) is 33.9 Å². The van der Waals surface area contributed by atoms with Crippen LogP contribution in [0.5, 0.6) is 11.5 Å². The maximum absolute atomic E-state index is 14.8. The molecule has 19 heteroatoms. The van der Waals surface area contributed by atoms with Crippen LogP contribution in [0, 0.1) is 11.3 Å². The predicted octanol–water partition coefficient (Wildman–Crippen LogP) is 5.31. The van der Waals surface area contributed by atoms with Crippen LogP contribution in [0.3, 0.4) is 0 Å². The van der Waals surface area contributed by atoms with Gasteiger partial charge in [-0.1, -0.05) is 52.0 Å². The number of hydrogen-bond acceptors (Lipinski definition) is 13. The van der Waals surface area contributed by atoms with Gasteiger partial charge in [-0.15, -0.1) is 0 Å². The zero-order valence-corrected chi connectivity index (χ0v) is 43.9. The van der Waals surface area contributed by atoms with E-state index in [-0.39, 0.29) is 25.3 Å². The van der Waals surface area contributed by atoms with Crippen molar-refractivity contribution in [3.63, 3.8) is 0 Å². The molecule has 3 aliphatic heterocycles. The van der Waals surface area contributed by atoms with Gasteiger partial charge in [0.25, 0.3) is 5.91 Å². The number of sulfonamides is 1. The molecule has 0 saturated carbocycles. The number of ether oxygens (including phenoxy) is 3. The van der Waals surface area contributed by atoms with Gasteiger partial charge >= 0.3 is 5.97 Å². The Bertz CT molecular complexity index is 2990. The minimum atomic E-state index is -4.00. The molecule has 390 valence electrons. The summed E-state index contributed by atoms with van der Waals surface area (Å²) in [6.45, 7) is 10.5. The van der Waals surface area contributed by atoms with Gasteiger partial charge < -0.3 is 34.1 Å². The Morgan fingerprint density at radius 1 is 1.03 bits per heavy atom. The number of aryl methyl sites for hydroxylation is 1. The van der Waals surface area contributed by atoms with E-state index in [0.717, 1.165) is 48.7 Å². The van der Waals surface area contributed by atoms with Crippen molar-refractivity contribution in [2.24, 2.45) is 11.3 Å². The van der Waals surface area contributed by atoms with Crippen LogP contribution in [0.15, 0.2) is 79.1 Å². The highest BCUT2D eigenvalue weighted by molar-refractivity contribution is 7.90. The minimum absolute atomic E-state index is 0.0487. The van der Waals surface area contributed by atoms with E-state index in [1.54, 1.807) is 70.7 Å². The molecule has 3 aliphatic rings. The van der Waals surface area contributed by atoms with Crippen LogP contribution in [0.25, 0.3) is 33.3 Å². The summed E-state index contributed by atoms with van der Waals surface area (Å²) in [5.41, 5.74) is 10.2. The third kappa shape index (κ3) is 11.3. The second kappa shape index (κ2) is 21.6. The number of likely N-dealkylation sites (N-methyl/N-ethyl adjacent to an activating group) is 2. The molecule has 5 aromatic rings. The molecule has 2 fully saturated rings. The van der Waals surface area contributed by atoms with Crippen LogP contribution in [-0.4, -0.2) is 132 Å². The fourth-order valence-corrected chi connectivity index (χ4v) is 11.8. The van der Waals surface area contributed by atoms with Gasteiger partial charge in [-0.2, -0.15) is 4.31 Å². The number of nitrogens with one attached hydrogen (secondary N) is 3. The average Bonchev–Trinajstić information content (AvgIpc) is 4.13. The third-order valence-corrected chi connectivity index (χ3v) is 16.2. The number of fused-ring (bicyclic) bond motifs is 6. The van der Waals surface area contributed by atoms with Gasteiger partial charge in [0.2, 0.25) is 21.8 Å². The van der Waals surface area contributed by atoms with E-state index in [1.807, 2.05) is 24.4 Å². The van der Waals surface area contributed by atoms with Crippen LogP contribution in [-0.2, 0) is 64.7 Å². The van der Waals surface area contributed by atoms with Gasteiger partial charge in [0.05, 0.1) is 38.6 Å². The molecule has 4 N–H and O–H groups in total. The van der Waals surface area contributed by atoms with Gasteiger partial charge in [0, 0.05) is 75.0 Å². The van der Waals surface area contributed by atoms with E-state index in [4.69, 9.17) is 14.2 Å². The number of aromatic hydroxyl groups is 1. The largest absolute Gasteiger partial charge is 0.508 e. The SMILES string of the molecule is CCn1c(-c2cnccc2COC)c2c3cc(ccc31)-c1cc(O)cc(c1)C[C@H](NC(=O)C(C(C)C)N(C)C(=O)CN(C)S(=O)(=O)[C@H]1N[C@@H]1c1ccc(OC)cc1)C(=O)N1CCC[C@H](N1)C(=O)OCC(C)(C)C2. The first-order valence-corrected chi connectivity index (χ1v) is 26.3. The fourth-order valence-electron chi connectivity index (χ4n) is 10.3. The van der Waals surface area contributed by atoms with Crippen molar-refractivity contribution in [3.05, 3.63) is 101 Å². The number of amides is 3. The van der Waals surface area contributed by atoms with E-state index in [0.29, 0.717) is 49.3 Å². The first-order valence-electron chi connectivity index (χ1n) is 24.8. The average molecular weight is 1020 g/mol. The van der Waals surface area contributed by atoms with Crippen LogP contribution in [0.2, 0.25) is 0 Å². The second-order valence-electron chi connectivity index (χ2n) is 20.5. The zero-order chi connectivity index (χ0) is 52.5. The number of carbonyl (C=O) groups is 4. The minimum Gasteiger partial charge on any atom is -0.508 e. The lowest BCUT2D eigenvalue weighted by Crippen LogP contribution is -2.62. The Kier molecular flexibility index (Phi) is 15.7. The number of pyridine rings is 1. The Balaban J connectivity index is 1.12. The molecule has 0 spiro atoms. The summed E-state index contributed by atoms with van der Waals surface area (Å²) >= 11 is 0. The Hall–Kier alpha value is -6.38. The van der Waals surface area contributed by atoms with Crippen molar-refractivity contribution < 1.29 is 46.9 Å². The van der Waals surface area contributed by atoms with E-state index in [2.05, 4.69) is 58.5 Å². The standard InChI is InChI=1S/C54H68N8O10S/c1-10-61-45-18-15-35-26-40(45)41(49(61)42-28-55-20-19-36(42)30-70-8)27-54(4,5)31-72-53(67)43-12-11-21-62(58-43)52(66)44(24-33-22-37(35)25-38(63)23-33)56-50(65)48(32(2)3)60(7)46(64)29-59(6)73(68,69)51-47(57-51)34-13-16-39(71-9)17-14-34/h13-20,22-23,25-26,28,32,43-44,47-48,51,57-58,63H,10-12,21,24,27,29-31H2,1-9H3,(H,56,65)/t43-,44-,47+,48?,51+/m0/s1. The van der Waals surface area contributed by atoms with Gasteiger partial charge in [-0.3, -0.25) is 34.5 Å². The molecule has 1 unspecified atom stereocenters. The summed E-state index contributed by atoms with van der Waals surface area (Å²) in [4.78, 5) is 63.1. The summed E-state index contributed by atoms with van der Waals surface area (Å²) in [7, 11) is 1.97. The number of hydrazine groups is 1. The van der Waals surface area contributed by atoms with Crippen molar-refractivity contribution in [2.45, 2.75) is 103 Å². The summed E-state index contributed by atoms with van der Waals surface area (Å²) in [6, 6.07) is 16.6. The van der Waals surface area contributed by atoms with Crippen molar-refractivity contribution in [1.29, 1.82) is 0 Å². The third-order valence-electron chi connectivity index (χ3n) is 14.1. The number of nitrogens with zero attached hydrogens (tertiary/aromatic N) is 5. The second-order valence-corrected chi connectivity index (χ2v) is 22.7. The first kappa shape index (κ1) is 52.9. The molecule has 2 saturated heterocycles. The van der Waals surface area contributed by atoms with Gasteiger partial charge in [0.15, 0.2) is 0 Å². The zero-order valence-electron chi connectivity index (χ0n) is 43.1. The highest BCUT2D eigenvalue weighted by Crippen LogP contribution is 2.42. The molecular weight excluding hydrogens is 953 g/mol. The van der Waals surface area contributed by atoms with E-state index in [1.165, 1.54) is 24.0 Å². The van der Waals surface area contributed by atoms with E-state index in [9.17, 15) is 32.7 Å². The molecule has 3 amide bonds. The number of carbonyl (C=O) groups excluding carboxylic acids is 4. The summed E-state index contributed by atoms with van der Waals surface area (Å²) in [6.07, 6.45) is 4.93. The summed E-state index contributed by atoms with van der Waals surface area (Å²) in [5, 5.41) is 18.7. The van der Waals surface area contributed by atoms with Gasteiger partial charge in [0.1, 0.15) is 35.0 Å². The number of hydrogen-bond donors (Lipinski definition) is 4. The number of phenolic OH excluding ortho intramolecular Hbond substituents is 1. The van der Waals surface area contributed by atoms with Crippen molar-refractivity contribution in [2.75, 3.05) is 48.0 Å². The van der Waals surface area contributed by atoms with Gasteiger partial charge in [-0.25, -0.2) is 13.8 Å². The molecule has 6 bridgehead atoms. The lowest BCUT2D eigenvalue weighted by atomic mass is 9.84.